The number of rotatable bonds is 3. The molecule has 0 atom stereocenters. The molecule has 0 unspecified atom stereocenters. The van der Waals surface area contributed by atoms with Crippen molar-refractivity contribution in [1.29, 1.82) is 0 Å². The summed E-state index contributed by atoms with van der Waals surface area (Å²) in [6, 6.07) is 3.14. The van der Waals surface area contributed by atoms with Gasteiger partial charge in [-0.3, -0.25) is 0 Å². The van der Waals surface area contributed by atoms with Crippen molar-refractivity contribution in [2.24, 2.45) is 0 Å². The molecule has 1 rings (SSSR count). The fourth-order valence-electron chi connectivity index (χ4n) is 0.646. The first-order chi connectivity index (χ1) is 5.77. The lowest BCUT2D eigenvalue weighted by Crippen LogP contribution is -1.98. The third-order valence-electron chi connectivity index (χ3n) is 1.14. The quantitative estimate of drug-likeness (QED) is 0.548. The molecule has 0 aromatic carbocycles. The van der Waals surface area contributed by atoms with Gasteiger partial charge in [0.05, 0.1) is 7.11 Å². The van der Waals surface area contributed by atoms with Crippen LogP contribution >= 0.6 is 11.3 Å². The Bertz CT molecular complexity index is 272. The zero-order chi connectivity index (χ0) is 8.97. The molecule has 1 N–H and O–H groups in total. The van der Waals surface area contributed by atoms with E-state index in [0.717, 1.165) is 11.3 Å². The molecule has 1 aromatic heterocycles. The smallest absolute Gasteiger partial charge is 0.530 e. The van der Waals surface area contributed by atoms with E-state index in [2.05, 4.69) is 9.39 Å². The van der Waals surface area contributed by atoms with Gasteiger partial charge in [-0.05, 0) is 12.1 Å². The van der Waals surface area contributed by atoms with Crippen LogP contribution in [0.5, 0.6) is 5.06 Å². The number of methoxy groups -OCH3 is 1. The summed E-state index contributed by atoms with van der Waals surface area (Å²) in [5, 5.41) is 8.71. The minimum absolute atomic E-state index is 0.409. The summed E-state index contributed by atoms with van der Waals surface area (Å²) < 4.78 is 9.09. The molecule has 0 aliphatic rings. The maximum atomic E-state index is 10.9. The van der Waals surface area contributed by atoms with Crippen LogP contribution in [0.15, 0.2) is 12.1 Å². The van der Waals surface area contributed by atoms with Gasteiger partial charge in [-0.25, -0.2) is 4.79 Å². The van der Waals surface area contributed by atoms with Crippen LogP contribution < -0.4 is 4.65 Å². The third-order valence-corrected chi connectivity index (χ3v) is 2.09. The lowest BCUT2D eigenvalue weighted by molar-refractivity contribution is 0.0606. The highest BCUT2D eigenvalue weighted by atomic mass is 32.1. The maximum absolute atomic E-state index is 10.9. The van der Waals surface area contributed by atoms with Crippen LogP contribution in [0, 0.1) is 0 Å². The minimum Gasteiger partial charge on any atom is -0.530 e. The Morgan fingerprint density at radius 3 is 3.00 bits per heavy atom. The number of ether oxygens (including phenoxy) is 1. The van der Waals surface area contributed by atoms with Crippen LogP contribution in [-0.2, 0) is 4.74 Å². The van der Waals surface area contributed by atoms with E-state index < -0.39 is 5.97 Å². The maximum Gasteiger partial charge on any atom is 0.569 e. The number of carbonyl (C=O) groups excluding carboxylic acids is 1. The Labute approximate surface area is 74.0 Å². The van der Waals surface area contributed by atoms with E-state index in [-0.39, 0.29) is 0 Å². The Hall–Kier alpha value is -1.01. The average Bonchev–Trinajstić information content (AvgIpc) is 2.52. The molecule has 0 bridgehead atoms. The molecule has 6 heteroatoms. The SMILES string of the molecule is COC(=O)c1ccc(O[B]O)s1. The molecule has 12 heavy (non-hydrogen) atoms. The average molecular weight is 185 g/mol. The van der Waals surface area contributed by atoms with E-state index in [1.807, 2.05) is 0 Å². The van der Waals surface area contributed by atoms with Gasteiger partial charge in [0, 0.05) is 0 Å². The number of carbonyl (C=O) groups is 1. The van der Waals surface area contributed by atoms with Crippen LogP contribution in [0.2, 0.25) is 0 Å². The number of esters is 1. The summed E-state index contributed by atoms with van der Waals surface area (Å²) in [5.41, 5.74) is 0. The highest BCUT2D eigenvalue weighted by molar-refractivity contribution is 7.15. The van der Waals surface area contributed by atoms with Gasteiger partial charge in [-0.1, -0.05) is 11.3 Å². The Morgan fingerprint density at radius 2 is 2.42 bits per heavy atom. The van der Waals surface area contributed by atoms with Gasteiger partial charge in [0.25, 0.3) is 0 Å². The highest BCUT2D eigenvalue weighted by Crippen LogP contribution is 2.24. The molecule has 1 aromatic rings. The molecule has 0 fully saturated rings. The highest BCUT2D eigenvalue weighted by Gasteiger charge is 2.09. The van der Waals surface area contributed by atoms with E-state index in [9.17, 15) is 4.79 Å². The number of thiophene rings is 1. The summed E-state index contributed by atoms with van der Waals surface area (Å²) in [6.07, 6.45) is 0. The van der Waals surface area contributed by atoms with E-state index in [1.165, 1.54) is 7.11 Å². The molecule has 0 saturated heterocycles. The van der Waals surface area contributed by atoms with Gasteiger partial charge >= 0.3 is 13.7 Å². The molecular weight excluding hydrogens is 179 g/mol. The second kappa shape index (κ2) is 4.13. The van der Waals surface area contributed by atoms with Gasteiger partial charge in [0.15, 0.2) is 5.06 Å². The Balaban J connectivity index is 2.70. The summed E-state index contributed by atoms with van der Waals surface area (Å²) in [6.45, 7) is 0. The second-order valence-corrected chi connectivity index (χ2v) is 2.88. The van der Waals surface area contributed by atoms with Crippen LogP contribution in [0.3, 0.4) is 0 Å². The van der Waals surface area contributed by atoms with Crippen molar-refractivity contribution in [2.75, 3.05) is 7.11 Å². The zero-order valence-electron chi connectivity index (χ0n) is 6.31. The van der Waals surface area contributed by atoms with Crippen LogP contribution in [0.25, 0.3) is 0 Å². The van der Waals surface area contributed by atoms with Crippen LogP contribution in [0.1, 0.15) is 9.67 Å². The van der Waals surface area contributed by atoms with Gasteiger partial charge in [0.1, 0.15) is 4.88 Å². The molecule has 1 radical (unpaired) electrons. The molecule has 4 nitrogen and oxygen atoms in total. The zero-order valence-corrected chi connectivity index (χ0v) is 7.13. The van der Waals surface area contributed by atoms with Crippen molar-refractivity contribution in [1.82, 2.24) is 0 Å². The first-order valence-corrected chi connectivity index (χ1v) is 3.90. The van der Waals surface area contributed by atoms with Gasteiger partial charge < -0.3 is 14.4 Å². The van der Waals surface area contributed by atoms with Gasteiger partial charge in [-0.15, -0.1) is 0 Å². The van der Waals surface area contributed by atoms with Crippen molar-refractivity contribution in [3.8, 4) is 5.06 Å². The predicted octanol–water partition coefficient (Wildman–Crippen LogP) is 0.440. The Kier molecular flexibility index (Phi) is 3.13. The molecule has 1 heterocycles. The molecule has 0 saturated carbocycles. The van der Waals surface area contributed by atoms with Gasteiger partial charge in [-0.2, -0.15) is 0 Å². The minimum atomic E-state index is -0.409. The molecule has 63 valence electrons. The second-order valence-electron chi connectivity index (χ2n) is 1.83. The van der Waals surface area contributed by atoms with E-state index in [1.54, 1.807) is 12.1 Å². The predicted molar refractivity (Wildman–Crippen MR) is 44.3 cm³/mol. The van der Waals surface area contributed by atoms with E-state index >= 15 is 0 Å². The van der Waals surface area contributed by atoms with Crippen LogP contribution in [0.4, 0.5) is 0 Å². The first-order valence-electron chi connectivity index (χ1n) is 3.08. The van der Waals surface area contributed by atoms with Crippen molar-refractivity contribution >= 4 is 25.0 Å². The summed E-state index contributed by atoms with van der Waals surface area (Å²) in [7, 11) is 1.87. The van der Waals surface area contributed by atoms with Gasteiger partial charge in [0.2, 0.25) is 0 Å². The summed E-state index contributed by atoms with van der Waals surface area (Å²) >= 11 is 1.10. The summed E-state index contributed by atoms with van der Waals surface area (Å²) in [4.78, 5) is 11.3. The van der Waals surface area contributed by atoms with Crippen molar-refractivity contribution in [3.05, 3.63) is 17.0 Å². The van der Waals surface area contributed by atoms with Crippen LogP contribution in [-0.4, -0.2) is 25.8 Å². The molecule has 0 amide bonds. The molecule has 0 aliphatic carbocycles. The lowest BCUT2D eigenvalue weighted by atomic mass is 10.4. The molecule has 0 aliphatic heterocycles. The number of hydrogen-bond acceptors (Lipinski definition) is 5. The monoisotopic (exact) mass is 185 g/mol. The topological polar surface area (TPSA) is 55.8 Å². The Morgan fingerprint density at radius 1 is 1.67 bits per heavy atom. The van der Waals surface area contributed by atoms with Crippen molar-refractivity contribution in [2.45, 2.75) is 0 Å². The normalized spacial score (nSPS) is 9.17. The fourth-order valence-corrected chi connectivity index (χ4v) is 1.39. The molecule has 0 spiro atoms. The third kappa shape index (κ3) is 1.99. The summed E-state index contributed by atoms with van der Waals surface area (Å²) in [5.74, 6) is -0.409. The first kappa shape index (κ1) is 9.09. The lowest BCUT2D eigenvalue weighted by Gasteiger charge is -1.93. The molecular formula is C6H6BO4S. The largest absolute Gasteiger partial charge is 0.569 e. The fraction of sp³-hybridized carbons (Fsp3) is 0.167. The van der Waals surface area contributed by atoms with Crippen molar-refractivity contribution in [3.63, 3.8) is 0 Å². The van der Waals surface area contributed by atoms with E-state index in [0.29, 0.717) is 17.6 Å². The van der Waals surface area contributed by atoms with E-state index in [4.69, 9.17) is 5.02 Å². The number of hydrogen-bond donors (Lipinski definition) is 1. The van der Waals surface area contributed by atoms with Crippen molar-refractivity contribution < 1.29 is 19.2 Å². The standard InChI is InChI=1S/C6H6BO4S/c1-10-6(8)4-2-3-5(12-4)11-7-9/h2-3,9H,1H3.